The van der Waals surface area contributed by atoms with Gasteiger partial charge in [-0.15, -0.1) is 0 Å². The number of methoxy groups -OCH3 is 1. The van der Waals surface area contributed by atoms with E-state index in [9.17, 15) is 9.59 Å². The van der Waals surface area contributed by atoms with Crippen molar-refractivity contribution in [2.24, 2.45) is 17.8 Å². The Kier molecular flexibility index (Phi) is 3.04. The van der Waals surface area contributed by atoms with Gasteiger partial charge in [-0.2, -0.15) is 0 Å². The lowest BCUT2D eigenvalue weighted by Gasteiger charge is -2.22. The van der Waals surface area contributed by atoms with Gasteiger partial charge in [0.2, 0.25) is 5.91 Å². The van der Waals surface area contributed by atoms with E-state index in [0.29, 0.717) is 11.8 Å². The molecule has 4 nitrogen and oxygen atoms in total. The number of fused-ring (bicyclic) bond motifs is 1. The lowest BCUT2D eigenvalue weighted by Crippen LogP contribution is -2.42. The van der Waals surface area contributed by atoms with E-state index < -0.39 is 0 Å². The number of hydrogen-bond donors (Lipinski definition) is 0. The fourth-order valence-electron chi connectivity index (χ4n) is 3.96. The van der Waals surface area contributed by atoms with Gasteiger partial charge in [0.05, 0.1) is 7.11 Å². The Hall–Kier alpha value is -1.06. The number of rotatable bonds is 2. The van der Waals surface area contributed by atoms with E-state index in [1.54, 1.807) is 4.90 Å². The molecule has 0 N–H and O–H groups in total. The average molecular weight is 251 g/mol. The molecule has 100 valence electrons. The summed E-state index contributed by atoms with van der Waals surface area (Å²) < 4.78 is 4.80. The van der Waals surface area contributed by atoms with Gasteiger partial charge < -0.3 is 9.64 Å². The first-order valence-corrected chi connectivity index (χ1v) is 7.12. The molecular weight excluding hydrogens is 230 g/mol. The molecule has 2 saturated carbocycles. The molecule has 0 aromatic carbocycles. The molecule has 1 aliphatic heterocycles. The van der Waals surface area contributed by atoms with Crippen LogP contribution in [0.1, 0.15) is 38.5 Å². The van der Waals surface area contributed by atoms with E-state index in [1.807, 2.05) is 0 Å². The first-order valence-electron chi connectivity index (χ1n) is 7.12. The molecule has 3 rings (SSSR count). The number of carbonyl (C=O) groups is 2. The maximum absolute atomic E-state index is 12.5. The van der Waals surface area contributed by atoms with E-state index in [1.165, 1.54) is 32.8 Å². The van der Waals surface area contributed by atoms with Crippen molar-refractivity contribution < 1.29 is 14.3 Å². The smallest absolute Gasteiger partial charge is 0.328 e. The number of likely N-dealkylation sites (tertiary alicyclic amines) is 1. The topological polar surface area (TPSA) is 46.6 Å². The molecule has 1 heterocycles. The van der Waals surface area contributed by atoms with Gasteiger partial charge in [-0.3, -0.25) is 4.79 Å². The summed E-state index contributed by atoms with van der Waals surface area (Å²) in [6.07, 6.45) is 6.64. The summed E-state index contributed by atoms with van der Waals surface area (Å²) in [5, 5.41) is 0. The lowest BCUT2D eigenvalue weighted by molar-refractivity contribution is -0.151. The van der Waals surface area contributed by atoms with Crippen molar-refractivity contribution in [2.45, 2.75) is 44.6 Å². The Labute approximate surface area is 108 Å². The average Bonchev–Trinajstić information content (AvgIpc) is 2.92. The van der Waals surface area contributed by atoms with Gasteiger partial charge in [0.25, 0.3) is 0 Å². The molecule has 1 amide bonds. The number of nitrogens with zero attached hydrogens (tertiary/aromatic N) is 1. The minimum Gasteiger partial charge on any atom is -0.467 e. The van der Waals surface area contributed by atoms with Crippen LogP contribution in [0.15, 0.2) is 0 Å². The summed E-state index contributed by atoms with van der Waals surface area (Å²) in [5.41, 5.74) is 0. The van der Waals surface area contributed by atoms with Crippen molar-refractivity contribution in [3.8, 4) is 0 Å². The highest BCUT2D eigenvalue weighted by Gasteiger charge is 2.57. The van der Waals surface area contributed by atoms with Crippen LogP contribution in [-0.2, 0) is 14.3 Å². The van der Waals surface area contributed by atoms with Crippen LogP contribution in [0.5, 0.6) is 0 Å². The normalized spacial score (nSPS) is 38.2. The SMILES string of the molecule is COC(=O)C1CCCN1C(=O)C1C2CCCCC21. The third-order valence-electron chi connectivity index (χ3n) is 4.95. The molecule has 3 aliphatic rings. The number of hydrogen-bond acceptors (Lipinski definition) is 3. The third kappa shape index (κ3) is 1.82. The molecule has 4 heteroatoms. The van der Waals surface area contributed by atoms with Crippen molar-refractivity contribution in [1.29, 1.82) is 0 Å². The van der Waals surface area contributed by atoms with E-state index in [2.05, 4.69) is 0 Å². The summed E-state index contributed by atoms with van der Waals surface area (Å²) in [6.45, 7) is 0.731. The van der Waals surface area contributed by atoms with Crippen LogP contribution in [0.4, 0.5) is 0 Å². The minimum absolute atomic E-state index is 0.220. The summed E-state index contributed by atoms with van der Waals surface area (Å²) in [7, 11) is 1.40. The zero-order valence-electron chi connectivity index (χ0n) is 10.9. The zero-order chi connectivity index (χ0) is 12.7. The largest absolute Gasteiger partial charge is 0.467 e. The van der Waals surface area contributed by atoms with Gasteiger partial charge in [0.15, 0.2) is 0 Å². The highest BCUT2D eigenvalue weighted by Crippen LogP contribution is 2.56. The minimum atomic E-state index is -0.315. The van der Waals surface area contributed by atoms with Crippen molar-refractivity contribution in [3.63, 3.8) is 0 Å². The molecular formula is C14H21NO3. The van der Waals surface area contributed by atoms with E-state index in [-0.39, 0.29) is 23.8 Å². The van der Waals surface area contributed by atoms with Crippen LogP contribution < -0.4 is 0 Å². The highest BCUT2D eigenvalue weighted by atomic mass is 16.5. The highest BCUT2D eigenvalue weighted by molar-refractivity contribution is 5.88. The van der Waals surface area contributed by atoms with Crippen molar-refractivity contribution >= 4 is 11.9 Å². The van der Waals surface area contributed by atoms with Gasteiger partial charge in [0.1, 0.15) is 6.04 Å². The molecule has 0 bridgehead atoms. The summed E-state index contributed by atoms with van der Waals surface area (Å²) >= 11 is 0. The number of esters is 1. The van der Waals surface area contributed by atoms with Crippen LogP contribution in [-0.4, -0.2) is 36.5 Å². The number of carbonyl (C=O) groups excluding carboxylic acids is 2. The Balaban J connectivity index is 1.67. The Morgan fingerprint density at radius 3 is 2.33 bits per heavy atom. The maximum Gasteiger partial charge on any atom is 0.328 e. The van der Waals surface area contributed by atoms with Crippen LogP contribution >= 0.6 is 0 Å². The van der Waals surface area contributed by atoms with E-state index in [0.717, 1.165) is 19.4 Å². The predicted molar refractivity (Wildman–Crippen MR) is 65.7 cm³/mol. The van der Waals surface area contributed by atoms with Gasteiger partial charge >= 0.3 is 5.97 Å². The van der Waals surface area contributed by atoms with Crippen molar-refractivity contribution in [3.05, 3.63) is 0 Å². The summed E-state index contributed by atoms with van der Waals surface area (Å²) in [5.74, 6) is 1.43. The first kappa shape index (κ1) is 12.0. The molecule has 0 radical (unpaired) electrons. The monoisotopic (exact) mass is 251 g/mol. The molecule has 0 aromatic rings. The molecule has 0 aromatic heterocycles. The third-order valence-corrected chi connectivity index (χ3v) is 4.95. The quantitative estimate of drug-likeness (QED) is 0.700. The fourth-order valence-corrected chi connectivity index (χ4v) is 3.96. The maximum atomic E-state index is 12.5. The molecule has 3 atom stereocenters. The number of amides is 1. The van der Waals surface area contributed by atoms with Gasteiger partial charge in [0, 0.05) is 12.5 Å². The number of ether oxygens (including phenoxy) is 1. The van der Waals surface area contributed by atoms with Crippen LogP contribution in [0, 0.1) is 17.8 Å². The molecule has 18 heavy (non-hydrogen) atoms. The predicted octanol–water partition coefficient (Wildman–Crippen LogP) is 1.59. The Morgan fingerprint density at radius 1 is 1.06 bits per heavy atom. The second-order valence-corrected chi connectivity index (χ2v) is 5.85. The molecule has 0 spiro atoms. The Morgan fingerprint density at radius 2 is 1.72 bits per heavy atom. The van der Waals surface area contributed by atoms with E-state index in [4.69, 9.17) is 4.74 Å². The van der Waals surface area contributed by atoms with Crippen molar-refractivity contribution in [1.82, 2.24) is 4.90 Å². The lowest BCUT2D eigenvalue weighted by atomic mass is 10.0. The molecule has 3 unspecified atom stereocenters. The molecule has 3 fully saturated rings. The second-order valence-electron chi connectivity index (χ2n) is 5.85. The first-order chi connectivity index (χ1) is 8.74. The summed E-state index contributed by atoms with van der Waals surface area (Å²) in [4.78, 5) is 26.0. The van der Waals surface area contributed by atoms with Crippen LogP contribution in [0.3, 0.4) is 0 Å². The zero-order valence-corrected chi connectivity index (χ0v) is 10.9. The van der Waals surface area contributed by atoms with Crippen molar-refractivity contribution in [2.75, 3.05) is 13.7 Å². The molecule has 2 aliphatic carbocycles. The van der Waals surface area contributed by atoms with Gasteiger partial charge in [-0.1, -0.05) is 12.8 Å². The Bertz CT molecular complexity index is 356. The van der Waals surface area contributed by atoms with Crippen LogP contribution in [0.25, 0.3) is 0 Å². The standard InChI is InChI=1S/C14H21NO3/c1-18-14(17)11-7-4-8-15(11)13(16)12-9-5-2-3-6-10(9)12/h9-12H,2-8H2,1H3. The van der Waals surface area contributed by atoms with Gasteiger partial charge in [-0.25, -0.2) is 4.79 Å². The molecule has 1 saturated heterocycles. The van der Waals surface area contributed by atoms with E-state index >= 15 is 0 Å². The summed E-state index contributed by atoms with van der Waals surface area (Å²) in [6, 6.07) is -0.315. The van der Waals surface area contributed by atoms with Crippen LogP contribution in [0.2, 0.25) is 0 Å². The fraction of sp³-hybridized carbons (Fsp3) is 0.857. The second kappa shape index (κ2) is 4.56. The van der Waals surface area contributed by atoms with Gasteiger partial charge in [-0.05, 0) is 37.5 Å².